The second kappa shape index (κ2) is 10.6. The Morgan fingerprint density at radius 3 is 2.62 bits per heavy atom. The van der Waals surface area contributed by atoms with Gasteiger partial charge in [0.25, 0.3) is 5.69 Å². The van der Waals surface area contributed by atoms with Gasteiger partial charge in [-0.25, -0.2) is 10.2 Å². The third-order valence-corrected chi connectivity index (χ3v) is 4.71. The van der Waals surface area contributed by atoms with Crippen LogP contribution in [0.25, 0.3) is 0 Å². The summed E-state index contributed by atoms with van der Waals surface area (Å²) in [7, 11) is 1.54. The van der Waals surface area contributed by atoms with Crippen molar-refractivity contribution in [3.63, 3.8) is 0 Å². The lowest BCUT2D eigenvalue weighted by Gasteiger charge is -2.04. The predicted molar refractivity (Wildman–Crippen MR) is 118 cm³/mol. The summed E-state index contributed by atoms with van der Waals surface area (Å²) >= 11 is 1.03. The molecule has 0 aliphatic carbocycles. The number of nitro groups is 1. The highest BCUT2D eigenvalue weighted by molar-refractivity contribution is 7.15. The van der Waals surface area contributed by atoms with Crippen LogP contribution in [-0.4, -0.2) is 40.4 Å². The van der Waals surface area contributed by atoms with Gasteiger partial charge in [-0.2, -0.15) is 5.10 Å². The smallest absolute Gasteiger partial charge is 0.325 e. The first-order valence-electron chi connectivity index (χ1n) is 9.04. The topological polar surface area (TPSA) is 161 Å². The molecule has 0 aliphatic heterocycles. The standard InChI is InChI=1S/C19H17N7O5S/c1-31-15-5-3-2-4-12(15)11-20-23-16(27)10-17-24-25-19(32-17)22-18(28)21-13-6-8-14(9-7-13)26(29)30/h2-9,11H,10H2,1H3,(H,23,27)(H2,21,22,25,28)/b20-11-. The normalized spacial score (nSPS) is 10.5. The Balaban J connectivity index is 1.48. The van der Waals surface area contributed by atoms with Gasteiger partial charge >= 0.3 is 6.03 Å². The van der Waals surface area contributed by atoms with Crippen molar-refractivity contribution >= 4 is 46.0 Å². The van der Waals surface area contributed by atoms with E-state index in [1.54, 1.807) is 19.2 Å². The zero-order valence-electron chi connectivity index (χ0n) is 16.6. The van der Waals surface area contributed by atoms with Crippen molar-refractivity contribution in [2.24, 2.45) is 5.10 Å². The third-order valence-electron chi connectivity index (χ3n) is 3.87. The summed E-state index contributed by atoms with van der Waals surface area (Å²) in [6, 6.07) is 11.9. The van der Waals surface area contributed by atoms with Crippen LogP contribution in [0.4, 0.5) is 21.3 Å². The van der Waals surface area contributed by atoms with E-state index in [0.29, 0.717) is 22.0 Å². The number of rotatable bonds is 8. The van der Waals surface area contributed by atoms with Gasteiger partial charge in [-0.15, -0.1) is 10.2 Å². The maximum Gasteiger partial charge on any atom is 0.325 e. The number of hydrazone groups is 1. The van der Waals surface area contributed by atoms with Crippen LogP contribution in [-0.2, 0) is 11.2 Å². The van der Waals surface area contributed by atoms with E-state index < -0.39 is 16.9 Å². The lowest BCUT2D eigenvalue weighted by atomic mass is 10.2. The summed E-state index contributed by atoms with van der Waals surface area (Å²) in [5.41, 5.74) is 3.38. The van der Waals surface area contributed by atoms with Crippen molar-refractivity contribution in [2.45, 2.75) is 6.42 Å². The molecule has 0 fully saturated rings. The lowest BCUT2D eigenvalue weighted by molar-refractivity contribution is -0.384. The minimum absolute atomic E-state index is 0.0768. The monoisotopic (exact) mass is 455 g/mol. The number of ether oxygens (including phenoxy) is 1. The number of nitrogens with one attached hydrogen (secondary N) is 3. The average Bonchev–Trinajstić information content (AvgIpc) is 3.20. The number of non-ortho nitro benzene ring substituents is 1. The second-order valence-corrected chi connectivity index (χ2v) is 7.16. The van der Waals surface area contributed by atoms with Crippen LogP contribution >= 0.6 is 11.3 Å². The zero-order chi connectivity index (χ0) is 22.9. The Labute approximate surface area is 185 Å². The van der Waals surface area contributed by atoms with Gasteiger partial charge in [0.1, 0.15) is 10.8 Å². The molecule has 1 heterocycles. The molecule has 0 unspecified atom stereocenters. The highest BCUT2D eigenvalue weighted by Crippen LogP contribution is 2.18. The largest absolute Gasteiger partial charge is 0.496 e. The summed E-state index contributed by atoms with van der Waals surface area (Å²) < 4.78 is 5.20. The van der Waals surface area contributed by atoms with Crippen molar-refractivity contribution in [2.75, 3.05) is 17.7 Å². The van der Waals surface area contributed by atoms with Gasteiger partial charge in [-0.3, -0.25) is 20.2 Å². The molecule has 0 atom stereocenters. The van der Waals surface area contributed by atoms with Crippen LogP contribution < -0.4 is 20.8 Å². The van der Waals surface area contributed by atoms with Crippen molar-refractivity contribution in [1.82, 2.24) is 15.6 Å². The number of carbonyl (C=O) groups is 2. The Hall–Kier alpha value is -4.39. The number of urea groups is 1. The average molecular weight is 455 g/mol. The molecule has 13 heteroatoms. The number of aromatic nitrogens is 2. The summed E-state index contributed by atoms with van der Waals surface area (Å²) in [5.74, 6) is 0.214. The van der Waals surface area contributed by atoms with E-state index in [9.17, 15) is 19.7 Å². The van der Waals surface area contributed by atoms with E-state index in [1.807, 2.05) is 12.1 Å². The van der Waals surface area contributed by atoms with E-state index in [0.717, 1.165) is 11.3 Å². The maximum absolute atomic E-state index is 12.0. The minimum atomic E-state index is -0.604. The fourth-order valence-electron chi connectivity index (χ4n) is 2.43. The van der Waals surface area contributed by atoms with Crippen molar-refractivity contribution in [1.29, 1.82) is 0 Å². The molecular formula is C19H17N7O5S. The summed E-state index contributed by atoms with van der Waals surface area (Å²) in [4.78, 5) is 34.2. The molecule has 1 aromatic heterocycles. The van der Waals surface area contributed by atoms with Gasteiger partial charge < -0.3 is 10.1 Å². The van der Waals surface area contributed by atoms with Gasteiger partial charge in [0.05, 0.1) is 24.7 Å². The number of nitrogens with zero attached hydrogens (tertiary/aromatic N) is 4. The first-order chi connectivity index (χ1) is 15.4. The molecular weight excluding hydrogens is 438 g/mol. The molecule has 0 aliphatic rings. The van der Waals surface area contributed by atoms with E-state index in [4.69, 9.17) is 4.74 Å². The van der Waals surface area contributed by atoms with Crippen LogP contribution in [0.5, 0.6) is 5.75 Å². The SMILES string of the molecule is COc1ccccc1/C=N\NC(=O)Cc1nnc(NC(=O)Nc2ccc([N+](=O)[O-])cc2)s1. The third kappa shape index (κ3) is 6.30. The van der Waals surface area contributed by atoms with E-state index >= 15 is 0 Å². The predicted octanol–water partition coefficient (Wildman–Crippen LogP) is 2.79. The fraction of sp³-hybridized carbons (Fsp3) is 0.105. The van der Waals surface area contributed by atoms with Gasteiger partial charge in [0, 0.05) is 23.4 Å². The highest BCUT2D eigenvalue weighted by atomic mass is 32.1. The van der Waals surface area contributed by atoms with Crippen LogP contribution in [0.3, 0.4) is 0 Å². The first-order valence-corrected chi connectivity index (χ1v) is 9.86. The molecule has 32 heavy (non-hydrogen) atoms. The first kappa shape index (κ1) is 22.3. The number of hydrogen-bond acceptors (Lipinski definition) is 9. The quantitative estimate of drug-likeness (QED) is 0.267. The van der Waals surface area contributed by atoms with Gasteiger partial charge in [-0.05, 0) is 24.3 Å². The van der Waals surface area contributed by atoms with Gasteiger partial charge in [0.2, 0.25) is 11.0 Å². The molecule has 0 radical (unpaired) electrons. The lowest BCUT2D eigenvalue weighted by Crippen LogP contribution is -2.19. The number of amides is 3. The summed E-state index contributed by atoms with van der Waals surface area (Å²) in [5, 5.41) is 27.8. The van der Waals surface area contributed by atoms with E-state index in [1.165, 1.54) is 30.5 Å². The molecule has 2 aromatic carbocycles. The number of anilines is 2. The van der Waals surface area contributed by atoms with Gasteiger partial charge in [-0.1, -0.05) is 23.5 Å². The number of benzene rings is 2. The summed E-state index contributed by atoms with van der Waals surface area (Å²) in [6.07, 6.45) is 1.39. The van der Waals surface area contributed by atoms with E-state index in [-0.39, 0.29) is 17.2 Å². The summed E-state index contributed by atoms with van der Waals surface area (Å²) in [6.45, 7) is 0. The Morgan fingerprint density at radius 1 is 1.16 bits per heavy atom. The van der Waals surface area contributed by atoms with Crippen molar-refractivity contribution < 1.29 is 19.2 Å². The zero-order valence-corrected chi connectivity index (χ0v) is 17.5. The molecule has 0 spiro atoms. The molecule has 3 N–H and O–H groups in total. The van der Waals surface area contributed by atoms with E-state index in [2.05, 4.69) is 31.4 Å². The molecule has 12 nitrogen and oxygen atoms in total. The van der Waals surface area contributed by atoms with Crippen LogP contribution in [0, 0.1) is 10.1 Å². The molecule has 3 rings (SSSR count). The number of hydrogen-bond donors (Lipinski definition) is 3. The van der Waals surface area contributed by atoms with Crippen LogP contribution in [0.1, 0.15) is 10.6 Å². The Bertz CT molecular complexity index is 1150. The molecule has 164 valence electrons. The maximum atomic E-state index is 12.0. The number of para-hydroxylation sites is 1. The molecule has 3 aromatic rings. The highest BCUT2D eigenvalue weighted by Gasteiger charge is 2.12. The molecule has 0 bridgehead atoms. The van der Waals surface area contributed by atoms with Crippen LogP contribution in [0.2, 0.25) is 0 Å². The number of carbonyl (C=O) groups excluding carboxylic acids is 2. The molecule has 3 amide bonds. The number of methoxy groups -OCH3 is 1. The number of nitro benzene ring substituents is 1. The minimum Gasteiger partial charge on any atom is -0.496 e. The van der Waals surface area contributed by atoms with Crippen molar-refractivity contribution in [3.05, 3.63) is 69.2 Å². The Kier molecular flexibility index (Phi) is 7.37. The van der Waals surface area contributed by atoms with Crippen LogP contribution in [0.15, 0.2) is 53.6 Å². The molecule has 0 saturated carbocycles. The fourth-order valence-corrected chi connectivity index (χ4v) is 3.16. The van der Waals surface area contributed by atoms with Crippen molar-refractivity contribution in [3.8, 4) is 5.75 Å². The second-order valence-electron chi connectivity index (χ2n) is 6.10. The molecule has 0 saturated heterocycles. The Morgan fingerprint density at radius 2 is 1.91 bits per heavy atom. The van der Waals surface area contributed by atoms with Gasteiger partial charge in [0.15, 0.2) is 0 Å².